The molecule has 1 aromatic carbocycles. The van der Waals surface area contributed by atoms with E-state index < -0.39 is 28.8 Å². The van der Waals surface area contributed by atoms with Gasteiger partial charge in [0.05, 0.1) is 4.90 Å². The fraction of sp³-hybridized carbons (Fsp3) is 0.533. The van der Waals surface area contributed by atoms with Crippen LogP contribution < -0.4 is 10.2 Å². The van der Waals surface area contributed by atoms with E-state index in [1.165, 1.54) is 30.0 Å². The van der Waals surface area contributed by atoms with Crippen molar-refractivity contribution in [3.63, 3.8) is 0 Å². The first-order valence-electron chi connectivity index (χ1n) is 7.82. The molecule has 1 amide bonds. The highest BCUT2D eigenvalue weighted by atomic mass is 32.2. The number of halogens is 3. The van der Waals surface area contributed by atoms with Gasteiger partial charge in [-0.2, -0.15) is 17.5 Å². The van der Waals surface area contributed by atoms with Crippen molar-refractivity contribution in [2.45, 2.75) is 30.5 Å². The first-order valence-corrected chi connectivity index (χ1v) is 9.26. The van der Waals surface area contributed by atoms with Crippen molar-refractivity contribution in [3.8, 4) is 0 Å². The Balaban J connectivity index is 1.96. The number of sulfonamides is 1. The van der Waals surface area contributed by atoms with Crippen molar-refractivity contribution in [2.75, 3.05) is 31.1 Å². The molecule has 1 aromatic rings. The first-order chi connectivity index (χ1) is 11.6. The van der Waals surface area contributed by atoms with Gasteiger partial charge in [-0.15, -0.1) is 0 Å². The molecule has 0 aromatic heterocycles. The lowest BCUT2D eigenvalue weighted by atomic mass is 10.2. The molecule has 1 fully saturated rings. The summed E-state index contributed by atoms with van der Waals surface area (Å²) in [7, 11) is -4.28. The molecule has 0 aliphatic carbocycles. The molecule has 1 atom stereocenters. The first kappa shape index (κ1) is 18.2. The number of carbonyl (C=O) groups excluding carboxylic acids is 1. The molecule has 2 heterocycles. The molecule has 0 saturated carbocycles. The molecule has 1 unspecified atom stereocenters. The van der Waals surface area contributed by atoms with Crippen LogP contribution in [0, 0.1) is 0 Å². The van der Waals surface area contributed by atoms with Crippen LogP contribution in [0.1, 0.15) is 12.5 Å². The number of anilines is 1. The van der Waals surface area contributed by atoms with Crippen LogP contribution in [0.5, 0.6) is 0 Å². The van der Waals surface area contributed by atoms with Crippen molar-refractivity contribution >= 4 is 21.6 Å². The summed E-state index contributed by atoms with van der Waals surface area (Å²) in [5, 5.41) is 2.58. The van der Waals surface area contributed by atoms with Crippen molar-refractivity contribution in [1.29, 1.82) is 0 Å². The lowest BCUT2D eigenvalue weighted by Crippen LogP contribution is -2.59. The topological polar surface area (TPSA) is 69.7 Å². The van der Waals surface area contributed by atoms with E-state index in [1.807, 2.05) is 0 Å². The molecule has 25 heavy (non-hydrogen) atoms. The largest absolute Gasteiger partial charge is 0.406 e. The highest BCUT2D eigenvalue weighted by Crippen LogP contribution is 2.34. The third kappa shape index (κ3) is 3.25. The number of hydrogen-bond donors (Lipinski definition) is 1. The number of carbonyl (C=O) groups is 1. The van der Waals surface area contributed by atoms with Gasteiger partial charge in [-0.05, 0) is 30.2 Å². The van der Waals surface area contributed by atoms with Crippen molar-refractivity contribution in [2.24, 2.45) is 0 Å². The third-order valence-electron chi connectivity index (χ3n) is 4.51. The maximum atomic E-state index is 13.2. The van der Waals surface area contributed by atoms with E-state index in [2.05, 4.69) is 5.32 Å². The zero-order chi connectivity index (χ0) is 18.4. The van der Waals surface area contributed by atoms with Crippen LogP contribution in [0.3, 0.4) is 0 Å². The van der Waals surface area contributed by atoms with Gasteiger partial charge in [0.1, 0.15) is 6.04 Å². The van der Waals surface area contributed by atoms with Gasteiger partial charge < -0.3 is 10.2 Å². The normalized spacial score (nSPS) is 22.1. The summed E-state index contributed by atoms with van der Waals surface area (Å²) < 4.78 is 65.7. The second kappa shape index (κ2) is 6.26. The summed E-state index contributed by atoms with van der Waals surface area (Å²) in [6.07, 6.45) is -4.18. The smallest absolute Gasteiger partial charge is 0.313 e. The van der Waals surface area contributed by atoms with Crippen LogP contribution in [-0.4, -0.2) is 57.0 Å². The predicted octanol–water partition coefficient (Wildman–Crippen LogP) is 1.12. The van der Waals surface area contributed by atoms with Gasteiger partial charge in [-0.1, -0.05) is 0 Å². The minimum atomic E-state index is -4.65. The highest BCUT2D eigenvalue weighted by Gasteiger charge is 2.49. The van der Waals surface area contributed by atoms with Gasteiger partial charge >= 0.3 is 6.18 Å². The second-order valence-corrected chi connectivity index (χ2v) is 7.98. The van der Waals surface area contributed by atoms with Gasteiger partial charge in [0.25, 0.3) is 0 Å². The molecule has 3 rings (SSSR count). The van der Waals surface area contributed by atoms with E-state index >= 15 is 0 Å². The molecule has 0 bridgehead atoms. The number of nitrogens with zero attached hydrogens (tertiary/aromatic N) is 2. The number of rotatable bonds is 2. The molecule has 2 aliphatic heterocycles. The van der Waals surface area contributed by atoms with E-state index in [9.17, 15) is 26.4 Å². The van der Waals surface area contributed by atoms with Crippen LogP contribution in [0.2, 0.25) is 0 Å². The molecule has 2 aliphatic rings. The summed E-state index contributed by atoms with van der Waals surface area (Å²) in [5.41, 5.74) is 1.26. The van der Waals surface area contributed by atoms with E-state index in [-0.39, 0.29) is 23.9 Å². The maximum Gasteiger partial charge on any atom is 0.406 e. The Hall–Kier alpha value is -1.65. The Morgan fingerprint density at radius 2 is 2.00 bits per heavy atom. The highest BCUT2D eigenvalue weighted by molar-refractivity contribution is 7.89. The fourth-order valence-corrected chi connectivity index (χ4v) is 4.92. The van der Waals surface area contributed by atoms with E-state index in [0.29, 0.717) is 28.5 Å². The predicted molar refractivity (Wildman–Crippen MR) is 84.8 cm³/mol. The molecule has 1 N–H and O–H groups in total. The molecule has 0 spiro atoms. The third-order valence-corrected chi connectivity index (χ3v) is 6.41. The molecule has 1 saturated heterocycles. The summed E-state index contributed by atoms with van der Waals surface area (Å²) in [6.45, 7) is 1.30. The van der Waals surface area contributed by atoms with Gasteiger partial charge in [-0.25, -0.2) is 8.42 Å². The summed E-state index contributed by atoms with van der Waals surface area (Å²) in [5.74, 6) is -0.159. The van der Waals surface area contributed by atoms with Crippen molar-refractivity contribution in [1.82, 2.24) is 9.62 Å². The molecular formula is C15H18F3N3O3S. The summed E-state index contributed by atoms with van der Waals surface area (Å²) >= 11 is 0. The van der Waals surface area contributed by atoms with Gasteiger partial charge in [0.2, 0.25) is 15.9 Å². The zero-order valence-corrected chi connectivity index (χ0v) is 14.3. The summed E-state index contributed by atoms with van der Waals surface area (Å²) in [6, 6.07) is 2.04. The minimum Gasteiger partial charge on any atom is -0.313 e. The average Bonchev–Trinajstić information content (AvgIpc) is 2.97. The Morgan fingerprint density at radius 3 is 2.64 bits per heavy atom. The Kier molecular flexibility index (Phi) is 4.54. The lowest BCUT2D eigenvalue weighted by Gasteiger charge is -2.36. The standard InChI is InChI=1S/C15H18F3N3O3S/c1-10(22)20-6-4-11-8-12(2-3-13(11)20)25(23,24)21-7-5-19-9-14(21)15(16,17)18/h2-3,8,14,19H,4-7,9H2,1H3. The van der Waals surface area contributed by atoms with Crippen molar-refractivity contribution in [3.05, 3.63) is 23.8 Å². The van der Waals surface area contributed by atoms with Crippen molar-refractivity contribution < 1.29 is 26.4 Å². The number of fused-ring (bicyclic) bond motifs is 1. The number of amides is 1. The SMILES string of the molecule is CC(=O)N1CCc2cc(S(=O)(=O)N3CCNCC3C(F)(F)F)ccc21. The minimum absolute atomic E-state index is 0.159. The zero-order valence-electron chi connectivity index (χ0n) is 13.5. The number of benzene rings is 1. The van der Waals surface area contributed by atoms with Crippen LogP contribution in [0.4, 0.5) is 18.9 Å². The Bertz CT molecular complexity index is 795. The molecule has 138 valence electrons. The number of alkyl halides is 3. The summed E-state index contributed by atoms with van der Waals surface area (Å²) in [4.78, 5) is 12.9. The van der Waals surface area contributed by atoms with E-state index in [0.717, 1.165) is 0 Å². The van der Waals surface area contributed by atoms with Crippen LogP contribution >= 0.6 is 0 Å². The lowest BCUT2D eigenvalue weighted by molar-refractivity contribution is -0.173. The maximum absolute atomic E-state index is 13.2. The second-order valence-electron chi connectivity index (χ2n) is 6.09. The number of nitrogens with one attached hydrogen (secondary N) is 1. The van der Waals surface area contributed by atoms with E-state index in [4.69, 9.17) is 0 Å². The average molecular weight is 377 g/mol. The van der Waals surface area contributed by atoms with Gasteiger partial charge in [0, 0.05) is 38.8 Å². The fourth-order valence-electron chi connectivity index (χ4n) is 3.25. The van der Waals surface area contributed by atoms with Gasteiger partial charge in [0.15, 0.2) is 0 Å². The molecule has 6 nitrogen and oxygen atoms in total. The monoisotopic (exact) mass is 377 g/mol. The number of piperazine rings is 1. The molecular weight excluding hydrogens is 359 g/mol. The number of hydrogen-bond acceptors (Lipinski definition) is 4. The molecule has 10 heteroatoms. The quantitative estimate of drug-likeness (QED) is 0.839. The Labute approximate surface area is 143 Å². The Morgan fingerprint density at radius 1 is 1.28 bits per heavy atom. The van der Waals surface area contributed by atoms with Crippen LogP contribution in [0.15, 0.2) is 23.1 Å². The van der Waals surface area contributed by atoms with Crippen LogP contribution in [0.25, 0.3) is 0 Å². The molecule has 0 radical (unpaired) electrons. The van der Waals surface area contributed by atoms with E-state index in [1.54, 1.807) is 0 Å². The van der Waals surface area contributed by atoms with Crippen LogP contribution in [-0.2, 0) is 21.2 Å². The van der Waals surface area contributed by atoms with Gasteiger partial charge in [-0.3, -0.25) is 4.79 Å².